The van der Waals surface area contributed by atoms with Crippen molar-refractivity contribution >= 4 is 61.2 Å². The van der Waals surface area contributed by atoms with Crippen molar-refractivity contribution in [3.05, 3.63) is 112 Å². The fourth-order valence-corrected chi connectivity index (χ4v) is 10.7. The minimum Gasteiger partial charge on any atom is -0.595 e. The van der Waals surface area contributed by atoms with Crippen LogP contribution in [0.25, 0.3) is 16.6 Å². The molecule has 1 amide bonds. The van der Waals surface area contributed by atoms with E-state index < -0.39 is 21.2 Å². The van der Waals surface area contributed by atoms with Gasteiger partial charge in [0, 0.05) is 92.3 Å². The molecular formula is C49H62ClN9O6S. The van der Waals surface area contributed by atoms with Crippen molar-refractivity contribution in [1.29, 1.82) is 0 Å². The zero-order chi connectivity index (χ0) is 46.4. The first-order valence-electron chi connectivity index (χ1n) is 23.0. The molecule has 2 atom stereocenters. The second-order valence-corrected chi connectivity index (χ2v) is 20.9. The number of amides is 1. The van der Waals surface area contributed by atoms with Gasteiger partial charge in [-0.1, -0.05) is 43.2 Å². The van der Waals surface area contributed by atoms with Gasteiger partial charge in [-0.15, -0.1) is 0 Å². The monoisotopic (exact) mass is 939 g/mol. The van der Waals surface area contributed by atoms with Crippen LogP contribution in [0.4, 0.5) is 17.1 Å². The first kappa shape index (κ1) is 47.5. The summed E-state index contributed by atoms with van der Waals surface area (Å²) in [5, 5.41) is 36.6. The van der Waals surface area contributed by atoms with Crippen LogP contribution in [0.15, 0.2) is 95.7 Å². The standard InChI is InChI=1S/C49H62ClN9O6S/c1-32-31-58(23-22-52-32)39-11-4-33(5-12-39)28-55-44-15-13-41(26-45(44)59(61)62)66(63,64)57-48(60)42-14-10-38(25-46(42)65-40-24-35-17-19-54-47(35)56-30-40)53-21-20-51-29-36-16-18-49(2,3)27-43(36)34-6-8-37(50)9-7-34/h6-10,13-15,17,19,24-26,30,32-33,39,51-53,55,59,61H,4-5,11-12,16,18,20-23,27-29,31H2,1-3H3,(H,54,56)(H,57,60)/t32-,33-,39+/m1/s1. The summed E-state index contributed by atoms with van der Waals surface area (Å²) in [6, 6.07) is 21.4. The van der Waals surface area contributed by atoms with Gasteiger partial charge in [0.15, 0.2) is 5.69 Å². The second-order valence-electron chi connectivity index (χ2n) is 18.8. The molecule has 3 heterocycles. The fraction of sp³-hybridized carbons (Fsp3) is 0.429. The molecule has 3 aliphatic rings. The van der Waals surface area contributed by atoms with E-state index in [2.05, 4.69) is 73.8 Å². The van der Waals surface area contributed by atoms with Crippen LogP contribution in [0.5, 0.6) is 11.5 Å². The molecule has 8 rings (SSSR count). The summed E-state index contributed by atoms with van der Waals surface area (Å²) in [4.78, 5) is 23.6. The Kier molecular flexibility index (Phi) is 15.0. The molecule has 0 radical (unpaired) electrons. The lowest BCUT2D eigenvalue weighted by molar-refractivity contribution is -0.990. The third kappa shape index (κ3) is 11.9. The Bertz CT molecular complexity index is 2630. The summed E-state index contributed by atoms with van der Waals surface area (Å²) in [5.41, 5.74) is 5.56. The number of anilines is 2. The van der Waals surface area contributed by atoms with Crippen LogP contribution >= 0.6 is 11.6 Å². The molecular weight excluding hydrogens is 878 g/mol. The number of allylic oxidation sites excluding steroid dienone is 1. The highest BCUT2D eigenvalue weighted by Crippen LogP contribution is 2.43. The van der Waals surface area contributed by atoms with Crippen LogP contribution in [0.2, 0.25) is 5.02 Å². The van der Waals surface area contributed by atoms with Crippen LogP contribution in [-0.4, -0.2) is 92.3 Å². The lowest BCUT2D eigenvalue weighted by Gasteiger charge is -2.41. The zero-order valence-electron chi connectivity index (χ0n) is 37.9. The number of sulfonamides is 1. The van der Waals surface area contributed by atoms with Gasteiger partial charge in [0.2, 0.25) is 0 Å². The number of aromatic amines is 1. The SMILES string of the molecule is C[C@@H]1CN([C@H]2CC[C@@H](CNc3ccc(S(=O)(=O)NC(=O)c4ccc(NCCNCC5=C(c6ccc(Cl)cc6)CC(C)(C)CC5)cc4Oc4cnc5[nH]ccc5c4)cc3[NH+]([O-])O)CC2)CCN1. The van der Waals surface area contributed by atoms with E-state index in [4.69, 9.17) is 16.3 Å². The highest BCUT2D eigenvalue weighted by molar-refractivity contribution is 7.90. The molecule has 66 heavy (non-hydrogen) atoms. The van der Waals surface area contributed by atoms with Crippen molar-refractivity contribution in [2.75, 3.05) is 56.4 Å². The number of nitrogens with zero attached hydrogens (tertiary/aromatic N) is 2. The van der Waals surface area contributed by atoms with Crippen LogP contribution < -0.4 is 36.0 Å². The van der Waals surface area contributed by atoms with Gasteiger partial charge >= 0.3 is 0 Å². The number of benzene rings is 3. The van der Waals surface area contributed by atoms with E-state index in [1.807, 2.05) is 18.2 Å². The number of carbonyl (C=O) groups excluding carboxylic acids is 1. The minimum atomic E-state index is -4.52. The molecule has 1 saturated heterocycles. The number of hydrogen-bond acceptors (Lipinski definition) is 12. The highest BCUT2D eigenvalue weighted by Gasteiger charge is 2.30. The van der Waals surface area contributed by atoms with Crippen LogP contribution in [0.1, 0.15) is 81.6 Å². The Balaban J connectivity index is 0.922. The number of hydrogen-bond donors (Lipinski definition) is 8. The Hall–Kier alpha value is -5.04. The summed E-state index contributed by atoms with van der Waals surface area (Å²) < 4.78 is 35.9. The van der Waals surface area contributed by atoms with E-state index in [9.17, 15) is 23.6 Å². The normalized spacial score (nSPS) is 20.8. The van der Waals surface area contributed by atoms with Gasteiger partial charge in [0.25, 0.3) is 15.9 Å². The number of nitrogens with one attached hydrogen (secondary N) is 7. The van der Waals surface area contributed by atoms with Crippen LogP contribution in [0.3, 0.4) is 0 Å². The smallest absolute Gasteiger partial charge is 0.268 e. The lowest BCUT2D eigenvalue weighted by atomic mass is 9.72. The number of fused-ring (bicyclic) bond motifs is 1. The van der Waals surface area contributed by atoms with Gasteiger partial charge in [-0.05, 0) is 123 Å². The molecule has 8 N–H and O–H groups in total. The van der Waals surface area contributed by atoms with Crippen molar-refractivity contribution in [3.8, 4) is 11.5 Å². The third-order valence-electron chi connectivity index (χ3n) is 13.2. The Morgan fingerprint density at radius 1 is 1.03 bits per heavy atom. The third-order valence-corrected chi connectivity index (χ3v) is 14.8. The first-order chi connectivity index (χ1) is 31.7. The minimum absolute atomic E-state index is 0.0452. The summed E-state index contributed by atoms with van der Waals surface area (Å²) in [6.45, 7) is 12.5. The van der Waals surface area contributed by atoms with E-state index in [1.54, 1.807) is 24.4 Å². The number of rotatable bonds is 17. The van der Waals surface area contributed by atoms with Gasteiger partial charge in [0.05, 0.1) is 22.3 Å². The summed E-state index contributed by atoms with van der Waals surface area (Å²) in [6.07, 6.45) is 10.6. The van der Waals surface area contributed by atoms with Gasteiger partial charge in [0.1, 0.15) is 17.1 Å². The molecule has 2 aliphatic carbocycles. The molecule has 352 valence electrons. The van der Waals surface area contributed by atoms with Crippen LogP contribution in [-0.2, 0) is 10.0 Å². The number of ether oxygens (including phenoxy) is 1. The molecule has 1 aliphatic heterocycles. The summed E-state index contributed by atoms with van der Waals surface area (Å²) in [5.74, 6) is -0.135. The average molecular weight is 941 g/mol. The molecule has 15 nitrogen and oxygen atoms in total. The van der Waals surface area contributed by atoms with Crippen molar-refractivity contribution in [1.82, 2.24) is 30.2 Å². The number of piperazine rings is 1. The summed E-state index contributed by atoms with van der Waals surface area (Å²) in [7, 11) is -4.52. The number of quaternary nitrogens is 1. The number of H-pyrrole nitrogens is 1. The Morgan fingerprint density at radius 3 is 2.61 bits per heavy atom. The Morgan fingerprint density at radius 2 is 1.83 bits per heavy atom. The molecule has 0 spiro atoms. The van der Waals surface area contributed by atoms with Gasteiger partial charge in [-0.25, -0.2) is 23.3 Å². The predicted octanol–water partition coefficient (Wildman–Crippen LogP) is 7.46. The predicted molar refractivity (Wildman–Crippen MR) is 260 cm³/mol. The molecule has 1 unspecified atom stereocenters. The van der Waals surface area contributed by atoms with E-state index in [0.717, 1.165) is 87.6 Å². The molecule has 5 aromatic rings. The molecule has 1 saturated carbocycles. The van der Waals surface area contributed by atoms with Gasteiger partial charge < -0.3 is 36.2 Å². The summed E-state index contributed by atoms with van der Waals surface area (Å²) >= 11 is 6.20. The number of carbonyl (C=O) groups is 1. The molecule has 3 aromatic carbocycles. The maximum atomic E-state index is 13.9. The Labute approximate surface area is 392 Å². The fourth-order valence-electron chi connectivity index (χ4n) is 9.55. The van der Waals surface area contributed by atoms with E-state index >= 15 is 0 Å². The van der Waals surface area contributed by atoms with E-state index in [-0.39, 0.29) is 27.3 Å². The van der Waals surface area contributed by atoms with E-state index in [1.165, 1.54) is 41.1 Å². The molecule has 0 bridgehead atoms. The maximum Gasteiger partial charge on any atom is 0.268 e. The van der Waals surface area contributed by atoms with Crippen LogP contribution in [0, 0.1) is 16.5 Å². The zero-order valence-corrected chi connectivity index (χ0v) is 39.5. The molecule has 17 heteroatoms. The topological polar surface area (TPSA) is 200 Å². The quantitative estimate of drug-likeness (QED) is 0.0339. The van der Waals surface area contributed by atoms with Crippen molar-refractivity contribution in [2.45, 2.75) is 82.7 Å². The average Bonchev–Trinajstić information content (AvgIpc) is 3.77. The molecule has 2 aromatic heterocycles. The largest absolute Gasteiger partial charge is 0.595 e. The number of halogens is 1. The van der Waals surface area contributed by atoms with Crippen molar-refractivity contribution in [2.24, 2.45) is 11.3 Å². The van der Waals surface area contributed by atoms with E-state index in [0.29, 0.717) is 60.4 Å². The van der Waals surface area contributed by atoms with Crippen molar-refractivity contribution in [3.63, 3.8) is 0 Å². The number of pyridine rings is 1. The number of aromatic nitrogens is 2. The highest BCUT2D eigenvalue weighted by atomic mass is 35.5. The second kappa shape index (κ2) is 20.9. The molecule has 2 fully saturated rings. The first-order valence-corrected chi connectivity index (χ1v) is 24.9. The lowest BCUT2D eigenvalue weighted by Crippen LogP contribution is -2.99. The van der Waals surface area contributed by atoms with Gasteiger partial charge in [-0.2, -0.15) is 5.23 Å². The van der Waals surface area contributed by atoms with Gasteiger partial charge in [-0.3, -0.25) is 9.69 Å². The maximum absolute atomic E-state index is 13.9. The van der Waals surface area contributed by atoms with Crippen molar-refractivity contribution < 1.29 is 28.4 Å².